The van der Waals surface area contributed by atoms with Crippen molar-refractivity contribution in [1.29, 1.82) is 0 Å². The Morgan fingerprint density at radius 3 is 2.65 bits per heavy atom. The van der Waals surface area contributed by atoms with E-state index in [0.29, 0.717) is 5.25 Å². The lowest BCUT2D eigenvalue weighted by atomic mass is 10.1. The van der Waals surface area contributed by atoms with Crippen molar-refractivity contribution in [2.75, 3.05) is 5.75 Å². The zero-order valence-electron chi connectivity index (χ0n) is 10.7. The van der Waals surface area contributed by atoms with Gasteiger partial charge < -0.3 is 0 Å². The quantitative estimate of drug-likeness (QED) is 0.617. The van der Waals surface area contributed by atoms with Crippen LogP contribution >= 0.6 is 23.4 Å². The first-order valence-corrected chi connectivity index (χ1v) is 7.28. The lowest BCUT2D eigenvalue weighted by molar-refractivity contribution is 0.575. The Morgan fingerprint density at radius 1 is 1.41 bits per heavy atom. The standard InChI is InChI=1S/C13H21ClN2S/c1-9(2)17-8-12(16-15)7-11-5-4-10(3)6-13(11)14/h4-6,9,12,16H,7-8,15H2,1-3H3. The molecule has 4 heteroatoms. The zero-order chi connectivity index (χ0) is 12.8. The van der Waals surface area contributed by atoms with Crippen LogP contribution in [0.25, 0.3) is 0 Å². The van der Waals surface area contributed by atoms with Crippen molar-refractivity contribution in [3.63, 3.8) is 0 Å². The molecule has 0 saturated heterocycles. The molecule has 1 aromatic carbocycles. The molecule has 0 fully saturated rings. The van der Waals surface area contributed by atoms with Gasteiger partial charge in [-0.15, -0.1) is 0 Å². The number of rotatable bonds is 6. The van der Waals surface area contributed by atoms with Gasteiger partial charge in [0.1, 0.15) is 0 Å². The summed E-state index contributed by atoms with van der Waals surface area (Å²) in [6.45, 7) is 6.43. The van der Waals surface area contributed by atoms with E-state index in [1.807, 2.05) is 24.8 Å². The maximum absolute atomic E-state index is 6.22. The van der Waals surface area contributed by atoms with E-state index >= 15 is 0 Å². The van der Waals surface area contributed by atoms with E-state index in [1.54, 1.807) is 0 Å². The average Bonchev–Trinajstić information content (AvgIpc) is 2.26. The summed E-state index contributed by atoms with van der Waals surface area (Å²) >= 11 is 8.12. The topological polar surface area (TPSA) is 38.0 Å². The molecule has 0 bridgehead atoms. The molecular formula is C13H21ClN2S. The summed E-state index contributed by atoms with van der Waals surface area (Å²) in [6.07, 6.45) is 0.870. The average molecular weight is 273 g/mol. The van der Waals surface area contributed by atoms with Crippen LogP contribution < -0.4 is 11.3 Å². The minimum atomic E-state index is 0.266. The van der Waals surface area contributed by atoms with Crippen LogP contribution in [0.2, 0.25) is 5.02 Å². The molecule has 0 aromatic heterocycles. The molecule has 1 rings (SSSR count). The second-order valence-electron chi connectivity index (χ2n) is 4.54. The van der Waals surface area contributed by atoms with Crippen molar-refractivity contribution < 1.29 is 0 Å². The van der Waals surface area contributed by atoms with Gasteiger partial charge in [0.25, 0.3) is 0 Å². The van der Waals surface area contributed by atoms with Gasteiger partial charge in [-0.2, -0.15) is 11.8 Å². The number of aryl methyl sites for hydroxylation is 1. The van der Waals surface area contributed by atoms with E-state index in [9.17, 15) is 0 Å². The van der Waals surface area contributed by atoms with Crippen molar-refractivity contribution in [2.45, 2.75) is 38.5 Å². The minimum Gasteiger partial charge on any atom is -0.271 e. The van der Waals surface area contributed by atoms with E-state index in [0.717, 1.165) is 22.8 Å². The van der Waals surface area contributed by atoms with E-state index in [2.05, 4.69) is 31.4 Å². The summed E-state index contributed by atoms with van der Waals surface area (Å²) in [5, 5.41) is 1.46. The van der Waals surface area contributed by atoms with Gasteiger partial charge in [-0.3, -0.25) is 11.3 Å². The van der Waals surface area contributed by atoms with E-state index < -0.39 is 0 Å². The molecule has 1 unspecified atom stereocenters. The van der Waals surface area contributed by atoms with Gasteiger partial charge in [0.2, 0.25) is 0 Å². The summed E-state index contributed by atoms with van der Waals surface area (Å²) in [7, 11) is 0. The maximum Gasteiger partial charge on any atom is 0.0441 e. The lowest BCUT2D eigenvalue weighted by Crippen LogP contribution is -2.39. The summed E-state index contributed by atoms with van der Waals surface area (Å²) in [4.78, 5) is 0. The smallest absolute Gasteiger partial charge is 0.0441 e. The maximum atomic E-state index is 6.22. The molecule has 0 amide bonds. The Labute approximate surface area is 113 Å². The second-order valence-corrected chi connectivity index (χ2v) is 6.56. The van der Waals surface area contributed by atoms with Gasteiger partial charge in [-0.05, 0) is 35.8 Å². The summed E-state index contributed by atoms with van der Waals surface area (Å²) in [5.74, 6) is 6.58. The largest absolute Gasteiger partial charge is 0.271 e. The number of nitrogens with one attached hydrogen (secondary N) is 1. The number of hydrazine groups is 1. The summed E-state index contributed by atoms with van der Waals surface area (Å²) in [5.41, 5.74) is 5.21. The van der Waals surface area contributed by atoms with Gasteiger partial charge in [-0.25, -0.2) is 0 Å². The molecule has 1 aromatic rings. The van der Waals surface area contributed by atoms with Gasteiger partial charge >= 0.3 is 0 Å². The fraction of sp³-hybridized carbons (Fsp3) is 0.538. The third-order valence-electron chi connectivity index (χ3n) is 2.54. The van der Waals surface area contributed by atoms with Crippen LogP contribution in [0.1, 0.15) is 25.0 Å². The van der Waals surface area contributed by atoms with Gasteiger partial charge in [0.05, 0.1) is 0 Å². The molecule has 96 valence electrons. The van der Waals surface area contributed by atoms with E-state index in [4.69, 9.17) is 17.4 Å². The van der Waals surface area contributed by atoms with Gasteiger partial charge in [-0.1, -0.05) is 37.6 Å². The van der Waals surface area contributed by atoms with Crippen LogP contribution in [0.5, 0.6) is 0 Å². The van der Waals surface area contributed by atoms with Crippen LogP contribution in [0, 0.1) is 6.92 Å². The molecule has 17 heavy (non-hydrogen) atoms. The van der Waals surface area contributed by atoms with Crippen molar-refractivity contribution in [3.05, 3.63) is 34.3 Å². The molecular weight excluding hydrogens is 252 g/mol. The third-order valence-corrected chi connectivity index (χ3v) is 4.15. The monoisotopic (exact) mass is 272 g/mol. The normalized spacial score (nSPS) is 13.1. The molecule has 0 saturated carbocycles. The van der Waals surface area contributed by atoms with Crippen LogP contribution in [-0.4, -0.2) is 17.0 Å². The zero-order valence-corrected chi connectivity index (χ0v) is 12.2. The van der Waals surface area contributed by atoms with E-state index in [-0.39, 0.29) is 6.04 Å². The van der Waals surface area contributed by atoms with Crippen LogP contribution in [0.15, 0.2) is 18.2 Å². The second kappa shape index (κ2) is 7.27. The Bertz CT molecular complexity index is 355. The minimum absolute atomic E-state index is 0.266. The van der Waals surface area contributed by atoms with Crippen molar-refractivity contribution in [1.82, 2.24) is 5.43 Å². The molecule has 0 radical (unpaired) electrons. The third kappa shape index (κ3) is 5.30. The highest BCUT2D eigenvalue weighted by atomic mass is 35.5. The van der Waals surface area contributed by atoms with Crippen molar-refractivity contribution >= 4 is 23.4 Å². The highest BCUT2D eigenvalue weighted by molar-refractivity contribution is 7.99. The molecule has 2 nitrogen and oxygen atoms in total. The number of thioether (sulfide) groups is 1. The van der Waals surface area contributed by atoms with Crippen molar-refractivity contribution in [2.24, 2.45) is 5.84 Å². The van der Waals surface area contributed by atoms with Crippen LogP contribution in [0.3, 0.4) is 0 Å². The number of hydrogen-bond acceptors (Lipinski definition) is 3. The molecule has 0 aliphatic rings. The number of halogens is 1. The molecule has 0 heterocycles. The highest BCUT2D eigenvalue weighted by Crippen LogP contribution is 2.20. The number of hydrogen-bond donors (Lipinski definition) is 2. The van der Waals surface area contributed by atoms with Gasteiger partial charge in [0.15, 0.2) is 0 Å². The first-order valence-electron chi connectivity index (χ1n) is 5.85. The number of nitrogens with two attached hydrogens (primary N) is 1. The SMILES string of the molecule is Cc1ccc(CC(CSC(C)C)NN)c(Cl)c1. The van der Waals surface area contributed by atoms with Gasteiger partial charge in [0, 0.05) is 16.8 Å². The fourth-order valence-electron chi connectivity index (χ4n) is 1.56. The predicted molar refractivity (Wildman–Crippen MR) is 78.6 cm³/mol. The van der Waals surface area contributed by atoms with E-state index in [1.165, 1.54) is 5.56 Å². The first kappa shape index (κ1) is 14.8. The Morgan fingerprint density at radius 2 is 2.12 bits per heavy atom. The Hall–Kier alpha value is -0.220. The summed E-state index contributed by atoms with van der Waals surface area (Å²) in [6, 6.07) is 6.44. The molecule has 1 atom stereocenters. The number of benzene rings is 1. The van der Waals surface area contributed by atoms with Crippen molar-refractivity contribution in [3.8, 4) is 0 Å². The molecule has 3 N–H and O–H groups in total. The fourth-order valence-corrected chi connectivity index (χ4v) is 2.70. The lowest BCUT2D eigenvalue weighted by Gasteiger charge is -2.17. The molecule has 0 spiro atoms. The highest BCUT2D eigenvalue weighted by Gasteiger charge is 2.11. The predicted octanol–water partition coefficient (Wildman–Crippen LogP) is 3.16. The summed E-state index contributed by atoms with van der Waals surface area (Å²) < 4.78 is 0. The first-order chi connectivity index (χ1) is 8.02. The Kier molecular flexibility index (Phi) is 6.34. The molecule has 0 aliphatic heterocycles. The Balaban J connectivity index is 2.60. The van der Waals surface area contributed by atoms with Crippen LogP contribution in [-0.2, 0) is 6.42 Å². The molecule has 0 aliphatic carbocycles. The van der Waals surface area contributed by atoms with Crippen LogP contribution in [0.4, 0.5) is 0 Å².